The molecule has 186 valence electrons. The van der Waals surface area contributed by atoms with Crippen molar-refractivity contribution in [2.75, 3.05) is 11.1 Å². The Morgan fingerprint density at radius 1 is 1.09 bits per heavy atom. The lowest BCUT2D eigenvalue weighted by Crippen LogP contribution is -2.33. The van der Waals surface area contributed by atoms with Crippen molar-refractivity contribution >= 4 is 51.9 Å². The van der Waals surface area contributed by atoms with Gasteiger partial charge in [-0.15, -0.1) is 10.2 Å². The van der Waals surface area contributed by atoms with Gasteiger partial charge >= 0.3 is 0 Å². The quantitative estimate of drug-likeness (QED) is 0.241. The highest BCUT2D eigenvalue weighted by atomic mass is 127. The number of nitrogens with zero attached hydrogens (tertiary/aromatic N) is 3. The van der Waals surface area contributed by atoms with E-state index >= 15 is 0 Å². The zero-order valence-electron chi connectivity index (χ0n) is 20.9. The third-order valence-electron chi connectivity index (χ3n) is 5.62. The summed E-state index contributed by atoms with van der Waals surface area (Å²) in [5.74, 6) is 1.01. The van der Waals surface area contributed by atoms with Gasteiger partial charge in [0, 0.05) is 21.9 Å². The van der Waals surface area contributed by atoms with Gasteiger partial charge in [-0.1, -0.05) is 57.2 Å². The van der Waals surface area contributed by atoms with E-state index in [9.17, 15) is 9.59 Å². The predicted molar refractivity (Wildman–Crippen MR) is 150 cm³/mol. The number of rotatable bonds is 9. The van der Waals surface area contributed by atoms with E-state index in [1.807, 2.05) is 62.7 Å². The summed E-state index contributed by atoms with van der Waals surface area (Å²) in [6.45, 7) is 10.2. The Hall–Kier alpha value is -2.40. The second kappa shape index (κ2) is 12.0. The standard InChI is InChI=1S/C26H32IN5O2S/c1-15(2)20-13-19(27)10-11-21(20)28-22(33)14-35-26-31-30-24(32(26)6)23(16(3)4)29-25(34)18-9-7-8-17(5)12-18/h7-13,15-16,23H,14H2,1-6H3,(H,28,33)(H,29,34)/t23-/m1/s1. The van der Waals surface area contributed by atoms with Gasteiger partial charge in [0.1, 0.15) is 0 Å². The highest BCUT2D eigenvalue weighted by Gasteiger charge is 2.25. The van der Waals surface area contributed by atoms with Crippen LogP contribution in [0.25, 0.3) is 0 Å². The molecule has 1 atom stereocenters. The minimum atomic E-state index is -0.316. The van der Waals surface area contributed by atoms with Gasteiger partial charge in [0.25, 0.3) is 5.91 Å². The zero-order valence-corrected chi connectivity index (χ0v) is 23.9. The normalized spacial score (nSPS) is 12.1. The van der Waals surface area contributed by atoms with Gasteiger partial charge in [-0.25, -0.2) is 0 Å². The molecule has 9 heteroatoms. The number of halogens is 1. The maximum Gasteiger partial charge on any atom is 0.251 e. The van der Waals surface area contributed by atoms with Gasteiger partial charge < -0.3 is 15.2 Å². The molecule has 7 nitrogen and oxygen atoms in total. The molecule has 2 aromatic carbocycles. The van der Waals surface area contributed by atoms with Gasteiger partial charge in [-0.05, 0) is 77.2 Å². The first-order chi connectivity index (χ1) is 16.6. The van der Waals surface area contributed by atoms with Crippen molar-refractivity contribution in [3.8, 4) is 0 Å². The van der Waals surface area contributed by atoms with Crippen molar-refractivity contribution in [2.24, 2.45) is 13.0 Å². The van der Waals surface area contributed by atoms with E-state index in [2.05, 4.69) is 63.3 Å². The van der Waals surface area contributed by atoms with E-state index < -0.39 is 0 Å². The molecule has 2 N–H and O–H groups in total. The van der Waals surface area contributed by atoms with E-state index in [1.54, 1.807) is 6.07 Å². The topological polar surface area (TPSA) is 88.9 Å². The number of carbonyl (C=O) groups is 2. The number of aromatic nitrogens is 3. The minimum Gasteiger partial charge on any atom is -0.342 e. The first-order valence-electron chi connectivity index (χ1n) is 11.6. The number of amides is 2. The molecule has 0 bridgehead atoms. The second-order valence-electron chi connectivity index (χ2n) is 9.19. The maximum atomic E-state index is 12.9. The fraction of sp³-hybridized carbons (Fsp3) is 0.385. The van der Waals surface area contributed by atoms with Crippen LogP contribution >= 0.6 is 34.4 Å². The lowest BCUT2D eigenvalue weighted by Gasteiger charge is -2.22. The van der Waals surface area contributed by atoms with Crippen molar-refractivity contribution in [3.63, 3.8) is 0 Å². The maximum absolute atomic E-state index is 12.9. The van der Waals surface area contributed by atoms with Gasteiger partial charge in [-0.2, -0.15) is 0 Å². The number of nitrogens with one attached hydrogen (secondary N) is 2. The van der Waals surface area contributed by atoms with Crippen LogP contribution in [0.2, 0.25) is 0 Å². The summed E-state index contributed by atoms with van der Waals surface area (Å²) in [4.78, 5) is 25.5. The number of aryl methyl sites for hydroxylation is 1. The van der Waals surface area contributed by atoms with Crippen LogP contribution in [0, 0.1) is 16.4 Å². The van der Waals surface area contributed by atoms with Crippen molar-refractivity contribution in [3.05, 3.63) is 68.5 Å². The first kappa shape index (κ1) is 27.2. The largest absolute Gasteiger partial charge is 0.342 e. The van der Waals surface area contributed by atoms with E-state index in [1.165, 1.54) is 11.8 Å². The third kappa shape index (κ3) is 7.07. The van der Waals surface area contributed by atoms with Crippen LogP contribution in [0.5, 0.6) is 0 Å². The van der Waals surface area contributed by atoms with Crippen LogP contribution < -0.4 is 10.6 Å². The minimum absolute atomic E-state index is 0.100. The molecule has 3 aromatic rings. The van der Waals surface area contributed by atoms with Crippen LogP contribution in [0.3, 0.4) is 0 Å². The lowest BCUT2D eigenvalue weighted by atomic mass is 10.0. The van der Waals surface area contributed by atoms with Crippen LogP contribution in [0.1, 0.15) is 67.0 Å². The molecule has 0 radical (unpaired) electrons. The molecule has 1 aromatic heterocycles. The smallest absolute Gasteiger partial charge is 0.251 e. The monoisotopic (exact) mass is 605 g/mol. The summed E-state index contributed by atoms with van der Waals surface area (Å²) in [5, 5.41) is 15.4. The number of hydrogen-bond donors (Lipinski definition) is 2. The molecular formula is C26H32IN5O2S. The highest BCUT2D eigenvalue weighted by Crippen LogP contribution is 2.28. The molecule has 0 aliphatic carbocycles. The summed E-state index contributed by atoms with van der Waals surface area (Å²) in [5.41, 5.74) is 3.59. The van der Waals surface area contributed by atoms with E-state index in [0.717, 1.165) is 20.4 Å². The summed E-state index contributed by atoms with van der Waals surface area (Å²) >= 11 is 3.60. The third-order valence-corrected chi connectivity index (χ3v) is 7.31. The molecule has 0 spiro atoms. The van der Waals surface area contributed by atoms with Gasteiger partial charge in [0.05, 0.1) is 11.8 Å². The fourth-order valence-corrected chi connectivity index (χ4v) is 4.94. The molecule has 2 amide bonds. The summed E-state index contributed by atoms with van der Waals surface area (Å²) < 4.78 is 2.99. The van der Waals surface area contributed by atoms with Crippen molar-refractivity contribution < 1.29 is 9.59 Å². The molecule has 35 heavy (non-hydrogen) atoms. The van der Waals surface area contributed by atoms with Crippen LogP contribution in [0.4, 0.5) is 5.69 Å². The Balaban J connectivity index is 1.68. The Labute approximate surface area is 225 Å². The van der Waals surface area contributed by atoms with Crippen molar-refractivity contribution in [1.29, 1.82) is 0 Å². The Morgan fingerprint density at radius 2 is 1.83 bits per heavy atom. The Morgan fingerprint density at radius 3 is 2.49 bits per heavy atom. The van der Waals surface area contributed by atoms with E-state index in [-0.39, 0.29) is 29.5 Å². The average Bonchev–Trinajstić information content (AvgIpc) is 3.16. The summed E-state index contributed by atoms with van der Waals surface area (Å²) in [6, 6.07) is 13.2. The first-order valence-corrected chi connectivity index (χ1v) is 13.6. The van der Waals surface area contributed by atoms with E-state index in [0.29, 0.717) is 22.5 Å². The molecule has 0 fully saturated rings. The van der Waals surface area contributed by atoms with Crippen LogP contribution in [-0.2, 0) is 11.8 Å². The Kier molecular flexibility index (Phi) is 9.34. The van der Waals surface area contributed by atoms with Gasteiger partial charge in [0.15, 0.2) is 11.0 Å². The molecule has 0 unspecified atom stereocenters. The number of carbonyl (C=O) groups excluding carboxylic acids is 2. The van der Waals surface area contributed by atoms with Crippen LogP contribution in [-0.4, -0.2) is 32.3 Å². The number of benzene rings is 2. The van der Waals surface area contributed by atoms with Gasteiger partial charge in [-0.3, -0.25) is 9.59 Å². The van der Waals surface area contributed by atoms with Crippen molar-refractivity contribution in [1.82, 2.24) is 20.1 Å². The SMILES string of the molecule is Cc1cccc(C(=O)N[C@@H](c2nnc(SCC(=O)Nc3ccc(I)cc3C(C)C)n2C)C(C)C)c1. The molecule has 0 aliphatic rings. The molecule has 0 saturated carbocycles. The van der Waals surface area contributed by atoms with Gasteiger partial charge in [0.2, 0.25) is 5.91 Å². The average molecular weight is 606 g/mol. The molecule has 0 saturated heterocycles. The summed E-state index contributed by atoms with van der Waals surface area (Å²) in [7, 11) is 1.86. The van der Waals surface area contributed by atoms with Crippen molar-refractivity contribution in [2.45, 2.75) is 51.7 Å². The Bertz CT molecular complexity index is 1210. The predicted octanol–water partition coefficient (Wildman–Crippen LogP) is 5.71. The molecule has 3 rings (SSSR count). The van der Waals surface area contributed by atoms with Crippen LogP contribution in [0.15, 0.2) is 47.6 Å². The summed E-state index contributed by atoms with van der Waals surface area (Å²) in [6.07, 6.45) is 0. The second-order valence-corrected chi connectivity index (χ2v) is 11.4. The molecule has 1 heterocycles. The molecule has 0 aliphatic heterocycles. The number of thioether (sulfide) groups is 1. The number of anilines is 1. The lowest BCUT2D eigenvalue weighted by molar-refractivity contribution is -0.113. The number of hydrogen-bond acceptors (Lipinski definition) is 5. The molecular weight excluding hydrogens is 573 g/mol. The van der Waals surface area contributed by atoms with E-state index in [4.69, 9.17) is 0 Å². The fourth-order valence-electron chi connectivity index (χ4n) is 3.70. The highest BCUT2D eigenvalue weighted by molar-refractivity contribution is 14.1. The zero-order chi connectivity index (χ0) is 25.7.